The first-order valence-corrected chi connectivity index (χ1v) is 5.66. The Morgan fingerprint density at radius 2 is 1.65 bits per heavy atom. The van der Waals surface area contributed by atoms with Crippen LogP contribution in [0.5, 0.6) is 0 Å². The van der Waals surface area contributed by atoms with Gasteiger partial charge in [0.05, 0.1) is 0 Å². The number of allylic oxidation sites excluding steroid dienone is 2. The zero-order valence-corrected chi connectivity index (χ0v) is 11.2. The largest absolute Gasteiger partial charge is 0.323 e. The van der Waals surface area contributed by atoms with E-state index >= 15 is 0 Å². The smallest absolute Gasteiger partial charge is 0.0355 e. The number of hydrogen-bond acceptors (Lipinski definition) is 1. The van der Waals surface area contributed by atoms with Crippen LogP contribution < -0.4 is 5.73 Å². The van der Waals surface area contributed by atoms with E-state index in [1.807, 2.05) is 30.4 Å². The van der Waals surface area contributed by atoms with E-state index in [0.29, 0.717) is 0 Å². The van der Waals surface area contributed by atoms with Crippen molar-refractivity contribution in [2.24, 2.45) is 11.1 Å². The van der Waals surface area contributed by atoms with Crippen LogP contribution in [-0.2, 0) is 0 Å². The molecule has 1 nitrogen and oxygen atoms in total. The third-order valence-corrected chi connectivity index (χ3v) is 3.13. The summed E-state index contributed by atoms with van der Waals surface area (Å²) < 4.78 is 0. The molecule has 94 valence electrons. The first-order valence-electron chi connectivity index (χ1n) is 5.66. The van der Waals surface area contributed by atoms with E-state index in [0.717, 1.165) is 12.8 Å². The van der Waals surface area contributed by atoms with Crippen LogP contribution in [0.15, 0.2) is 55.6 Å². The van der Waals surface area contributed by atoms with Crippen molar-refractivity contribution in [1.29, 1.82) is 0 Å². The Bertz CT molecular complexity index is 335. The normalized spacial score (nSPS) is 12.4. The number of nitrogens with two attached hydrogens (primary N) is 1. The molecule has 0 bridgehead atoms. The van der Waals surface area contributed by atoms with Gasteiger partial charge in [0, 0.05) is 6.04 Å². The number of halogens is 1. The summed E-state index contributed by atoms with van der Waals surface area (Å²) in [4.78, 5) is 0. The lowest BCUT2D eigenvalue weighted by atomic mass is 9.74. The molecule has 0 saturated carbocycles. The molecule has 1 unspecified atom stereocenters. The van der Waals surface area contributed by atoms with Gasteiger partial charge in [0.1, 0.15) is 0 Å². The molecular weight excluding hydrogens is 230 g/mol. The maximum absolute atomic E-state index is 6.35. The number of rotatable bonds is 6. The third-order valence-electron chi connectivity index (χ3n) is 3.13. The Balaban J connectivity index is 0.00000256. The molecule has 1 rings (SSSR count). The highest BCUT2D eigenvalue weighted by Crippen LogP contribution is 2.38. The summed E-state index contributed by atoms with van der Waals surface area (Å²) in [6.45, 7) is 9.82. The van der Waals surface area contributed by atoms with Gasteiger partial charge in [-0.25, -0.2) is 0 Å². The summed E-state index contributed by atoms with van der Waals surface area (Å²) in [5.74, 6) is 0. The summed E-state index contributed by atoms with van der Waals surface area (Å²) in [6, 6.07) is 10.2. The van der Waals surface area contributed by atoms with Crippen LogP contribution in [0.1, 0.15) is 31.4 Å². The molecule has 0 amide bonds. The fourth-order valence-electron chi connectivity index (χ4n) is 2.06. The van der Waals surface area contributed by atoms with E-state index < -0.39 is 0 Å². The zero-order valence-electron chi connectivity index (χ0n) is 10.4. The van der Waals surface area contributed by atoms with Crippen LogP contribution in [0.3, 0.4) is 0 Å². The fraction of sp³-hybridized carbons (Fsp3) is 0.333. The van der Waals surface area contributed by atoms with Crippen molar-refractivity contribution in [1.82, 2.24) is 0 Å². The Morgan fingerprint density at radius 1 is 1.18 bits per heavy atom. The minimum atomic E-state index is 0. The van der Waals surface area contributed by atoms with Gasteiger partial charge in [0.25, 0.3) is 0 Å². The lowest BCUT2D eigenvalue weighted by Crippen LogP contribution is -2.31. The standard InChI is InChI=1S/C15H21N.ClH/c1-4-11-15(3,12-5-2)14(16)13-9-7-6-8-10-13;/h4-10,14H,1-2,11-12,16H2,3H3;1H. The van der Waals surface area contributed by atoms with Gasteiger partial charge in [-0.2, -0.15) is 0 Å². The second-order valence-corrected chi connectivity index (χ2v) is 4.53. The molecule has 17 heavy (non-hydrogen) atoms. The molecule has 0 aliphatic heterocycles. The zero-order chi connectivity index (χ0) is 12.0. The molecule has 0 saturated heterocycles. The second kappa shape index (κ2) is 7.31. The SMILES string of the molecule is C=CCC(C)(CC=C)C(N)c1ccccc1.Cl. The molecule has 0 aliphatic carbocycles. The molecule has 1 aromatic carbocycles. The quantitative estimate of drug-likeness (QED) is 0.751. The molecule has 0 aromatic heterocycles. The molecule has 1 atom stereocenters. The number of hydrogen-bond donors (Lipinski definition) is 1. The van der Waals surface area contributed by atoms with Crippen LogP contribution in [0, 0.1) is 5.41 Å². The van der Waals surface area contributed by atoms with Gasteiger partial charge in [0.2, 0.25) is 0 Å². The first kappa shape index (κ1) is 16.0. The van der Waals surface area contributed by atoms with Gasteiger partial charge < -0.3 is 5.73 Å². The Hall–Kier alpha value is -1.05. The highest BCUT2D eigenvalue weighted by atomic mass is 35.5. The molecule has 0 heterocycles. The van der Waals surface area contributed by atoms with Crippen molar-refractivity contribution in [3.05, 3.63) is 61.2 Å². The molecule has 0 aliphatic rings. The van der Waals surface area contributed by atoms with E-state index in [9.17, 15) is 0 Å². The van der Waals surface area contributed by atoms with Gasteiger partial charge in [0.15, 0.2) is 0 Å². The highest BCUT2D eigenvalue weighted by molar-refractivity contribution is 5.85. The van der Waals surface area contributed by atoms with E-state index in [1.54, 1.807) is 0 Å². The van der Waals surface area contributed by atoms with Crippen molar-refractivity contribution in [3.8, 4) is 0 Å². The molecule has 0 radical (unpaired) electrons. The average molecular weight is 252 g/mol. The Morgan fingerprint density at radius 3 is 2.06 bits per heavy atom. The van der Waals surface area contributed by atoms with E-state index in [2.05, 4.69) is 32.2 Å². The first-order chi connectivity index (χ1) is 7.64. The number of benzene rings is 1. The van der Waals surface area contributed by atoms with Crippen LogP contribution in [0.4, 0.5) is 0 Å². The van der Waals surface area contributed by atoms with Crippen LogP contribution in [0.25, 0.3) is 0 Å². The van der Waals surface area contributed by atoms with Gasteiger partial charge >= 0.3 is 0 Å². The van der Waals surface area contributed by atoms with Crippen molar-refractivity contribution in [3.63, 3.8) is 0 Å². The molecule has 2 heteroatoms. The van der Waals surface area contributed by atoms with Crippen LogP contribution in [0.2, 0.25) is 0 Å². The minimum Gasteiger partial charge on any atom is -0.323 e. The lowest BCUT2D eigenvalue weighted by molar-refractivity contribution is 0.262. The minimum absolute atomic E-state index is 0. The van der Waals surface area contributed by atoms with E-state index in [4.69, 9.17) is 5.73 Å². The molecular formula is C15H22ClN. The molecule has 0 fully saturated rings. The highest BCUT2D eigenvalue weighted by Gasteiger charge is 2.30. The molecule has 0 spiro atoms. The van der Waals surface area contributed by atoms with Crippen molar-refractivity contribution in [2.45, 2.75) is 25.8 Å². The van der Waals surface area contributed by atoms with Gasteiger partial charge in [-0.3, -0.25) is 0 Å². The summed E-state index contributed by atoms with van der Waals surface area (Å²) >= 11 is 0. The maximum atomic E-state index is 6.35. The van der Waals surface area contributed by atoms with Gasteiger partial charge in [-0.1, -0.05) is 49.4 Å². The average Bonchev–Trinajstić information content (AvgIpc) is 2.30. The summed E-state index contributed by atoms with van der Waals surface area (Å²) in [7, 11) is 0. The van der Waals surface area contributed by atoms with Crippen LogP contribution >= 0.6 is 12.4 Å². The van der Waals surface area contributed by atoms with E-state index in [-0.39, 0.29) is 23.9 Å². The summed E-state index contributed by atoms with van der Waals surface area (Å²) in [5.41, 5.74) is 7.53. The maximum Gasteiger partial charge on any atom is 0.0355 e. The summed E-state index contributed by atoms with van der Waals surface area (Å²) in [6.07, 6.45) is 5.67. The summed E-state index contributed by atoms with van der Waals surface area (Å²) in [5, 5.41) is 0. The monoisotopic (exact) mass is 251 g/mol. The van der Waals surface area contributed by atoms with Gasteiger partial charge in [-0.05, 0) is 23.8 Å². The van der Waals surface area contributed by atoms with Crippen molar-refractivity contribution in [2.75, 3.05) is 0 Å². The van der Waals surface area contributed by atoms with Crippen LogP contribution in [-0.4, -0.2) is 0 Å². The predicted molar refractivity (Wildman–Crippen MR) is 78.4 cm³/mol. The molecule has 2 N–H and O–H groups in total. The van der Waals surface area contributed by atoms with Crippen molar-refractivity contribution < 1.29 is 0 Å². The second-order valence-electron chi connectivity index (χ2n) is 4.53. The van der Waals surface area contributed by atoms with Crippen molar-refractivity contribution >= 4 is 12.4 Å². The lowest BCUT2D eigenvalue weighted by Gasteiger charge is -2.34. The topological polar surface area (TPSA) is 26.0 Å². The van der Waals surface area contributed by atoms with Gasteiger partial charge in [-0.15, -0.1) is 25.6 Å². The Kier molecular flexibility index (Phi) is 6.86. The third kappa shape index (κ3) is 4.03. The van der Waals surface area contributed by atoms with E-state index in [1.165, 1.54) is 5.56 Å². The fourth-order valence-corrected chi connectivity index (χ4v) is 2.06. The Labute approximate surface area is 111 Å². The molecule has 1 aromatic rings. The predicted octanol–water partition coefficient (Wildman–Crippen LogP) is 4.27.